The van der Waals surface area contributed by atoms with Gasteiger partial charge in [-0.2, -0.15) is 0 Å². The Balaban J connectivity index is 2.31. The van der Waals surface area contributed by atoms with E-state index in [2.05, 4.69) is 15.3 Å². The molecule has 0 radical (unpaired) electrons. The lowest BCUT2D eigenvalue weighted by Gasteiger charge is -2.17. The van der Waals surface area contributed by atoms with E-state index in [1.807, 2.05) is 19.0 Å². The zero-order valence-electron chi connectivity index (χ0n) is 11.6. The van der Waals surface area contributed by atoms with E-state index in [1.54, 1.807) is 25.4 Å². The summed E-state index contributed by atoms with van der Waals surface area (Å²) in [6, 6.07) is 3.18. The van der Waals surface area contributed by atoms with E-state index in [0.29, 0.717) is 11.4 Å². The molecule has 0 bridgehead atoms. The summed E-state index contributed by atoms with van der Waals surface area (Å²) in [4.78, 5) is 32.6. The Kier molecular flexibility index (Phi) is 3.84. The number of hydrogen-bond donors (Lipinski definition) is 2. The first-order valence-corrected chi connectivity index (χ1v) is 6.11. The minimum Gasteiger partial charge on any atom is -0.376 e. The Hall–Kier alpha value is -2.63. The molecule has 0 saturated heterocycles. The molecule has 0 aliphatic carbocycles. The summed E-state index contributed by atoms with van der Waals surface area (Å²) in [6.07, 6.45) is 4.61. The van der Waals surface area contributed by atoms with E-state index >= 15 is 0 Å². The van der Waals surface area contributed by atoms with Crippen molar-refractivity contribution in [3.63, 3.8) is 0 Å². The number of nitrogens with zero attached hydrogens (tertiary/aromatic N) is 2. The van der Waals surface area contributed by atoms with E-state index in [9.17, 15) is 9.59 Å². The third-order valence-electron chi connectivity index (χ3n) is 2.83. The molecule has 0 spiro atoms. The quantitative estimate of drug-likeness (QED) is 0.885. The molecule has 2 aromatic heterocycles. The largest absolute Gasteiger partial charge is 0.376 e. The highest BCUT2D eigenvalue weighted by molar-refractivity contribution is 6.05. The van der Waals surface area contributed by atoms with Crippen LogP contribution in [0.3, 0.4) is 0 Å². The molecule has 0 fully saturated rings. The zero-order chi connectivity index (χ0) is 14.7. The van der Waals surface area contributed by atoms with Gasteiger partial charge in [-0.25, -0.2) is 0 Å². The number of pyridine rings is 2. The number of carbonyl (C=O) groups excluding carboxylic acids is 1. The Bertz CT molecular complexity index is 692. The van der Waals surface area contributed by atoms with Gasteiger partial charge in [-0.15, -0.1) is 0 Å². The second-order valence-electron chi connectivity index (χ2n) is 4.64. The van der Waals surface area contributed by atoms with Gasteiger partial charge in [0.05, 0.1) is 17.6 Å². The van der Waals surface area contributed by atoms with Gasteiger partial charge in [-0.3, -0.25) is 14.6 Å². The highest BCUT2D eigenvalue weighted by atomic mass is 16.2. The maximum atomic E-state index is 12.1. The fourth-order valence-electron chi connectivity index (χ4n) is 1.81. The minimum absolute atomic E-state index is 0.0733. The molecule has 6 heteroatoms. The van der Waals surface area contributed by atoms with Crippen molar-refractivity contribution in [2.75, 3.05) is 24.3 Å². The molecule has 0 aliphatic rings. The molecule has 2 heterocycles. The van der Waals surface area contributed by atoms with Gasteiger partial charge in [0, 0.05) is 38.2 Å². The predicted octanol–water partition coefficient (Wildman–Crippen LogP) is 1.40. The topological polar surface area (TPSA) is 78.1 Å². The Morgan fingerprint density at radius 3 is 2.80 bits per heavy atom. The smallest absolute Gasteiger partial charge is 0.261 e. The molecule has 104 valence electrons. The summed E-state index contributed by atoms with van der Waals surface area (Å²) < 4.78 is 0. The van der Waals surface area contributed by atoms with Crippen LogP contribution in [-0.2, 0) is 0 Å². The summed E-state index contributed by atoms with van der Waals surface area (Å²) in [5.41, 5.74) is 1.85. The molecular weight excluding hydrogens is 256 g/mol. The van der Waals surface area contributed by atoms with Crippen LogP contribution in [0.2, 0.25) is 0 Å². The third kappa shape index (κ3) is 2.85. The zero-order valence-corrected chi connectivity index (χ0v) is 11.6. The van der Waals surface area contributed by atoms with Crippen molar-refractivity contribution in [1.82, 2.24) is 9.97 Å². The lowest BCUT2D eigenvalue weighted by molar-refractivity contribution is 0.102. The molecule has 20 heavy (non-hydrogen) atoms. The number of rotatable bonds is 3. The van der Waals surface area contributed by atoms with Gasteiger partial charge in [-0.1, -0.05) is 0 Å². The Morgan fingerprint density at radius 1 is 1.40 bits per heavy atom. The van der Waals surface area contributed by atoms with Crippen LogP contribution in [0.15, 0.2) is 35.5 Å². The first-order valence-electron chi connectivity index (χ1n) is 6.11. The Morgan fingerprint density at radius 2 is 2.15 bits per heavy atom. The number of aryl methyl sites for hydroxylation is 1. The molecule has 6 nitrogen and oxygen atoms in total. The van der Waals surface area contributed by atoms with Crippen molar-refractivity contribution < 1.29 is 4.79 Å². The molecule has 0 aromatic carbocycles. The van der Waals surface area contributed by atoms with E-state index in [4.69, 9.17) is 0 Å². The number of anilines is 2. The van der Waals surface area contributed by atoms with E-state index in [0.717, 1.165) is 5.69 Å². The average molecular weight is 272 g/mol. The third-order valence-corrected chi connectivity index (χ3v) is 2.83. The SMILES string of the molecule is Cc1cc(=O)c(C(=O)Nc2cnccc2N(C)C)c[nH]1. The molecule has 2 N–H and O–H groups in total. The van der Waals surface area contributed by atoms with Gasteiger partial charge in [0.1, 0.15) is 5.56 Å². The van der Waals surface area contributed by atoms with Crippen molar-refractivity contribution in [3.8, 4) is 0 Å². The monoisotopic (exact) mass is 272 g/mol. The first kappa shape index (κ1) is 13.8. The lowest BCUT2D eigenvalue weighted by atomic mass is 10.2. The normalized spacial score (nSPS) is 10.2. The van der Waals surface area contributed by atoms with E-state index in [1.165, 1.54) is 12.3 Å². The van der Waals surface area contributed by atoms with Gasteiger partial charge in [0.2, 0.25) is 0 Å². The van der Waals surface area contributed by atoms with Gasteiger partial charge >= 0.3 is 0 Å². The number of nitrogens with one attached hydrogen (secondary N) is 2. The number of hydrogen-bond acceptors (Lipinski definition) is 4. The average Bonchev–Trinajstić information content (AvgIpc) is 2.38. The summed E-state index contributed by atoms with van der Waals surface area (Å²) in [7, 11) is 3.73. The molecular formula is C14H16N4O2. The van der Waals surface area contributed by atoms with Crippen LogP contribution in [0.4, 0.5) is 11.4 Å². The molecule has 2 aromatic rings. The number of carbonyl (C=O) groups is 1. The Labute approximate surface area is 116 Å². The molecule has 0 saturated carbocycles. The van der Waals surface area contributed by atoms with Crippen molar-refractivity contribution in [1.29, 1.82) is 0 Å². The second-order valence-corrected chi connectivity index (χ2v) is 4.64. The van der Waals surface area contributed by atoms with Crippen LogP contribution in [0.1, 0.15) is 16.1 Å². The summed E-state index contributed by atoms with van der Waals surface area (Å²) >= 11 is 0. The van der Waals surface area contributed by atoms with Crippen molar-refractivity contribution >= 4 is 17.3 Å². The predicted molar refractivity (Wildman–Crippen MR) is 78.3 cm³/mol. The lowest BCUT2D eigenvalue weighted by Crippen LogP contribution is -2.23. The molecule has 0 aliphatic heterocycles. The van der Waals surface area contributed by atoms with E-state index < -0.39 is 5.91 Å². The van der Waals surface area contributed by atoms with Gasteiger partial charge in [0.15, 0.2) is 5.43 Å². The molecule has 1 amide bonds. The maximum Gasteiger partial charge on any atom is 0.261 e. The summed E-state index contributed by atoms with van der Waals surface area (Å²) in [5, 5.41) is 2.71. The van der Waals surface area contributed by atoms with Gasteiger partial charge in [0.25, 0.3) is 5.91 Å². The summed E-state index contributed by atoms with van der Waals surface area (Å²) in [6.45, 7) is 1.76. The number of amides is 1. The van der Waals surface area contributed by atoms with Crippen molar-refractivity contribution in [2.24, 2.45) is 0 Å². The minimum atomic E-state index is -0.456. The molecule has 0 atom stereocenters. The first-order chi connectivity index (χ1) is 9.49. The van der Waals surface area contributed by atoms with Crippen LogP contribution in [0.5, 0.6) is 0 Å². The number of aromatic amines is 1. The highest BCUT2D eigenvalue weighted by Gasteiger charge is 2.13. The standard InChI is InChI=1S/C14H16N4O2/c1-9-6-13(19)10(7-16-9)14(20)17-11-8-15-5-4-12(11)18(2)3/h4-8H,1-3H3,(H,16,19)(H,17,20). The number of aromatic nitrogens is 2. The molecule has 2 rings (SSSR count). The number of H-pyrrole nitrogens is 1. The van der Waals surface area contributed by atoms with Crippen LogP contribution in [0.25, 0.3) is 0 Å². The fraction of sp³-hybridized carbons (Fsp3) is 0.214. The second kappa shape index (κ2) is 5.56. The van der Waals surface area contributed by atoms with Crippen LogP contribution < -0.4 is 15.6 Å². The van der Waals surface area contributed by atoms with Crippen LogP contribution in [0, 0.1) is 6.92 Å². The van der Waals surface area contributed by atoms with Crippen LogP contribution in [-0.4, -0.2) is 30.0 Å². The summed E-state index contributed by atoms with van der Waals surface area (Å²) in [5.74, 6) is -0.456. The van der Waals surface area contributed by atoms with Gasteiger partial charge in [-0.05, 0) is 13.0 Å². The fourth-order valence-corrected chi connectivity index (χ4v) is 1.81. The van der Waals surface area contributed by atoms with Crippen molar-refractivity contribution in [2.45, 2.75) is 6.92 Å². The van der Waals surface area contributed by atoms with E-state index in [-0.39, 0.29) is 11.0 Å². The van der Waals surface area contributed by atoms with Crippen LogP contribution >= 0.6 is 0 Å². The maximum absolute atomic E-state index is 12.1. The van der Waals surface area contributed by atoms with Gasteiger partial charge < -0.3 is 15.2 Å². The molecule has 0 unspecified atom stereocenters. The highest BCUT2D eigenvalue weighted by Crippen LogP contribution is 2.22. The van der Waals surface area contributed by atoms with Crippen molar-refractivity contribution in [3.05, 3.63) is 52.2 Å².